The van der Waals surface area contributed by atoms with Gasteiger partial charge in [0.2, 0.25) is 5.91 Å². The number of aromatic nitrogens is 4. The predicted molar refractivity (Wildman–Crippen MR) is 127 cm³/mol. The summed E-state index contributed by atoms with van der Waals surface area (Å²) in [5.41, 5.74) is 7.19. The lowest BCUT2D eigenvalue weighted by atomic mass is 10.1. The summed E-state index contributed by atoms with van der Waals surface area (Å²) in [6.45, 7) is 3.04. The van der Waals surface area contributed by atoms with Crippen molar-refractivity contribution in [2.45, 2.75) is 32.2 Å². The number of carbonyl (C=O) groups excluding carboxylic acids is 1. The Hall–Kier alpha value is -4.08. The molecule has 0 spiro atoms. The molecule has 1 aliphatic rings. The summed E-state index contributed by atoms with van der Waals surface area (Å²) in [7, 11) is 0. The zero-order valence-corrected chi connectivity index (χ0v) is 19.1. The number of hydrogen-bond donors (Lipinski definition) is 1. The van der Waals surface area contributed by atoms with E-state index in [4.69, 9.17) is 15.6 Å². The van der Waals surface area contributed by atoms with Crippen LogP contribution >= 0.6 is 0 Å². The average molecular weight is 479 g/mol. The maximum atomic E-state index is 15.3. The normalized spacial score (nSPS) is 16.0. The maximum absolute atomic E-state index is 15.3. The van der Waals surface area contributed by atoms with Crippen molar-refractivity contribution in [2.75, 3.05) is 18.8 Å². The molecule has 2 aromatic carbocycles. The van der Waals surface area contributed by atoms with Crippen molar-refractivity contribution in [1.82, 2.24) is 24.6 Å². The van der Waals surface area contributed by atoms with E-state index in [0.29, 0.717) is 36.2 Å². The zero-order valence-electron chi connectivity index (χ0n) is 19.1. The van der Waals surface area contributed by atoms with Gasteiger partial charge in [-0.1, -0.05) is 13.0 Å². The molecule has 1 atom stereocenters. The van der Waals surface area contributed by atoms with E-state index in [9.17, 15) is 9.18 Å². The van der Waals surface area contributed by atoms with Crippen molar-refractivity contribution in [2.24, 2.45) is 0 Å². The summed E-state index contributed by atoms with van der Waals surface area (Å²) in [4.78, 5) is 22.6. The second kappa shape index (κ2) is 9.28. The summed E-state index contributed by atoms with van der Waals surface area (Å²) in [5.74, 6) is -0.290. The van der Waals surface area contributed by atoms with Crippen molar-refractivity contribution >= 4 is 22.8 Å². The van der Waals surface area contributed by atoms with Crippen LogP contribution in [0.1, 0.15) is 32.2 Å². The molecule has 1 aliphatic heterocycles. The molecule has 1 saturated heterocycles. The van der Waals surface area contributed by atoms with Gasteiger partial charge in [0.1, 0.15) is 41.0 Å². The molecule has 10 heteroatoms. The number of fused-ring (bicyclic) bond motifs is 1. The van der Waals surface area contributed by atoms with Gasteiger partial charge in [0.05, 0.1) is 11.4 Å². The number of carbonyl (C=O) groups is 1. The van der Waals surface area contributed by atoms with Crippen LogP contribution < -0.4 is 10.5 Å². The van der Waals surface area contributed by atoms with Crippen LogP contribution in [-0.4, -0.2) is 43.6 Å². The highest BCUT2D eigenvalue weighted by Gasteiger charge is 2.28. The lowest BCUT2D eigenvalue weighted by Crippen LogP contribution is -2.40. The van der Waals surface area contributed by atoms with Gasteiger partial charge in [-0.2, -0.15) is 5.10 Å². The van der Waals surface area contributed by atoms with Crippen molar-refractivity contribution in [3.05, 3.63) is 60.4 Å². The van der Waals surface area contributed by atoms with Gasteiger partial charge < -0.3 is 15.4 Å². The summed E-state index contributed by atoms with van der Waals surface area (Å²) in [5, 5.41) is 5.16. The number of rotatable bonds is 5. The van der Waals surface area contributed by atoms with Gasteiger partial charge in [0.15, 0.2) is 5.65 Å². The number of benzene rings is 2. The van der Waals surface area contributed by atoms with E-state index in [2.05, 4.69) is 9.97 Å². The number of ether oxygens (including phenoxy) is 1. The van der Waals surface area contributed by atoms with E-state index in [-0.39, 0.29) is 34.8 Å². The Labute approximate surface area is 200 Å². The molecule has 0 aliphatic carbocycles. The van der Waals surface area contributed by atoms with Crippen LogP contribution in [0.4, 0.5) is 14.6 Å². The molecule has 8 nitrogen and oxygen atoms in total. The second-order valence-corrected chi connectivity index (χ2v) is 8.44. The largest absolute Gasteiger partial charge is 0.457 e. The van der Waals surface area contributed by atoms with Gasteiger partial charge in [-0.3, -0.25) is 4.79 Å². The fourth-order valence-corrected chi connectivity index (χ4v) is 4.46. The highest BCUT2D eigenvalue weighted by Crippen LogP contribution is 2.36. The van der Waals surface area contributed by atoms with Gasteiger partial charge in [-0.15, -0.1) is 0 Å². The topological polar surface area (TPSA) is 99.2 Å². The Morgan fingerprint density at radius 2 is 2.00 bits per heavy atom. The minimum absolute atomic E-state index is 0.0838. The number of amides is 1. The number of nitrogen functional groups attached to an aromatic ring is 1. The standard InChI is InChI=1S/C25H24F2N6O2/c1-2-21(34)32-10-4-6-16(13-32)33-25-22(24(28)29-14-30-25)23(31-33)19-9-8-18(12-20(19)27)35-17-7-3-5-15(26)11-17/h3,5,7-9,11-12,14,16H,2,4,6,10,13H2,1H3,(H2,28,29,30). The van der Waals surface area contributed by atoms with Crippen LogP contribution in [0, 0.1) is 11.6 Å². The average Bonchev–Trinajstić information content (AvgIpc) is 3.24. The molecule has 5 rings (SSSR count). The number of nitrogens with zero attached hydrogens (tertiary/aromatic N) is 5. The summed E-state index contributed by atoms with van der Waals surface area (Å²) >= 11 is 0. The lowest BCUT2D eigenvalue weighted by Gasteiger charge is -2.32. The van der Waals surface area contributed by atoms with Crippen LogP contribution in [-0.2, 0) is 4.79 Å². The molecule has 35 heavy (non-hydrogen) atoms. The molecule has 1 unspecified atom stereocenters. The molecular formula is C25H24F2N6O2. The highest BCUT2D eigenvalue weighted by molar-refractivity contribution is 5.98. The Kier molecular flexibility index (Phi) is 6.02. The highest BCUT2D eigenvalue weighted by atomic mass is 19.1. The summed E-state index contributed by atoms with van der Waals surface area (Å²) in [6.07, 6.45) is 3.41. The van der Waals surface area contributed by atoms with Gasteiger partial charge in [0.25, 0.3) is 0 Å². The predicted octanol–water partition coefficient (Wildman–Crippen LogP) is 4.72. The van der Waals surface area contributed by atoms with E-state index in [1.54, 1.807) is 16.8 Å². The molecular weight excluding hydrogens is 454 g/mol. The molecule has 3 heterocycles. The number of halogens is 2. The van der Waals surface area contributed by atoms with Gasteiger partial charge >= 0.3 is 0 Å². The monoisotopic (exact) mass is 478 g/mol. The Bertz CT molecular complexity index is 1410. The van der Waals surface area contributed by atoms with Crippen molar-refractivity contribution in [3.8, 4) is 22.8 Å². The fraction of sp³-hybridized carbons (Fsp3) is 0.280. The zero-order chi connectivity index (χ0) is 24.5. The number of nitrogens with two attached hydrogens (primary N) is 1. The molecule has 0 saturated carbocycles. The first-order chi connectivity index (χ1) is 16.9. The lowest BCUT2D eigenvalue weighted by molar-refractivity contribution is -0.132. The smallest absolute Gasteiger partial charge is 0.222 e. The summed E-state index contributed by atoms with van der Waals surface area (Å²) < 4.78 is 36.1. The molecule has 1 fully saturated rings. The van der Waals surface area contributed by atoms with Crippen molar-refractivity contribution in [3.63, 3.8) is 0 Å². The van der Waals surface area contributed by atoms with E-state index in [0.717, 1.165) is 12.8 Å². The Balaban J connectivity index is 1.53. The molecule has 2 N–H and O–H groups in total. The summed E-state index contributed by atoms with van der Waals surface area (Å²) in [6, 6.07) is 9.82. The quantitative estimate of drug-likeness (QED) is 0.446. The first-order valence-corrected chi connectivity index (χ1v) is 11.4. The number of anilines is 1. The second-order valence-electron chi connectivity index (χ2n) is 8.44. The Morgan fingerprint density at radius 1 is 1.17 bits per heavy atom. The van der Waals surface area contributed by atoms with Crippen molar-refractivity contribution in [1.29, 1.82) is 0 Å². The molecule has 0 bridgehead atoms. The van der Waals surface area contributed by atoms with Gasteiger partial charge in [-0.25, -0.2) is 23.4 Å². The van der Waals surface area contributed by atoms with Crippen LogP contribution in [0.2, 0.25) is 0 Å². The van der Waals surface area contributed by atoms with E-state index in [1.807, 2.05) is 11.8 Å². The third-order valence-electron chi connectivity index (χ3n) is 6.14. The molecule has 2 aromatic heterocycles. The maximum Gasteiger partial charge on any atom is 0.222 e. The molecule has 1 amide bonds. The molecule has 0 radical (unpaired) electrons. The van der Waals surface area contributed by atoms with E-state index >= 15 is 4.39 Å². The number of likely N-dealkylation sites (tertiary alicyclic amines) is 1. The van der Waals surface area contributed by atoms with Crippen LogP contribution in [0.25, 0.3) is 22.3 Å². The van der Waals surface area contributed by atoms with E-state index < -0.39 is 11.6 Å². The van der Waals surface area contributed by atoms with Crippen LogP contribution in [0.3, 0.4) is 0 Å². The molecule has 4 aromatic rings. The van der Waals surface area contributed by atoms with Gasteiger partial charge in [0, 0.05) is 37.2 Å². The van der Waals surface area contributed by atoms with Gasteiger partial charge in [-0.05, 0) is 37.1 Å². The van der Waals surface area contributed by atoms with Crippen molar-refractivity contribution < 1.29 is 18.3 Å². The first-order valence-electron chi connectivity index (χ1n) is 11.4. The molecule has 180 valence electrons. The van der Waals surface area contributed by atoms with E-state index in [1.165, 1.54) is 36.7 Å². The fourth-order valence-electron chi connectivity index (χ4n) is 4.46. The minimum atomic E-state index is -0.583. The van der Waals surface area contributed by atoms with Crippen LogP contribution in [0.5, 0.6) is 11.5 Å². The first kappa shape index (κ1) is 22.7. The third kappa shape index (κ3) is 4.39. The number of piperidine rings is 1. The SMILES string of the molecule is CCC(=O)N1CCCC(n2nc(-c3ccc(Oc4cccc(F)c4)cc3F)c3c(N)ncnc32)C1. The third-order valence-corrected chi connectivity index (χ3v) is 6.14. The van der Waals surface area contributed by atoms with Crippen LogP contribution in [0.15, 0.2) is 48.8 Å². The Morgan fingerprint density at radius 3 is 2.77 bits per heavy atom. The minimum Gasteiger partial charge on any atom is -0.457 e. The number of hydrogen-bond acceptors (Lipinski definition) is 6.